The summed E-state index contributed by atoms with van der Waals surface area (Å²) in [5.41, 5.74) is 14.0. The quantitative estimate of drug-likeness (QED) is 0.394. The van der Waals surface area contributed by atoms with Gasteiger partial charge in [0.25, 0.3) is 0 Å². The zero-order valence-electron chi connectivity index (χ0n) is 6.75. The van der Waals surface area contributed by atoms with Gasteiger partial charge in [-0.15, -0.1) is 0 Å². The molecule has 0 bridgehead atoms. The van der Waals surface area contributed by atoms with Crippen molar-refractivity contribution < 1.29 is 5.11 Å². The highest BCUT2D eigenvalue weighted by Crippen LogP contribution is 2.34. The van der Waals surface area contributed by atoms with Gasteiger partial charge in [0.05, 0.1) is 5.69 Å². The van der Waals surface area contributed by atoms with Crippen LogP contribution in [0.5, 0.6) is 5.75 Å². The molecule has 3 nitrogen and oxygen atoms in total. The van der Waals surface area contributed by atoms with Gasteiger partial charge in [0.1, 0.15) is 5.75 Å². The molecule has 1 atom stereocenters. The molecule has 0 heterocycles. The fraction of sp³-hybridized carbons (Fsp3) is 0.333. The van der Waals surface area contributed by atoms with E-state index in [9.17, 15) is 5.11 Å². The van der Waals surface area contributed by atoms with Crippen LogP contribution in [0.25, 0.3) is 0 Å². The molecular formula is C9H12N2O. The third kappa shape index (κ3) is 0.940. The van der Waals surface area contributed by atoms with Crippen molar-refractivity contribution >= 4 is 5.69 Å². The summed E-state index contributed by atoms with van der Waals surface area (Å²) in [7, 11) is 0. The van der Waals surface area contributed by atoms with E-state index < -0.39 is 0 Å². The molecule has 1 unspecified atom stereocenters. The lowest BCUT2D eigenvalue weighted by Gasteiger charge is -2.06. The van der Waals surface area contributed by atoms with Gasteiger partial charge in [0, 0.05) is 6.04 Å². The largest absolute Gasteiger partial charge is 0.506 e. The maximum absolute atomic E-state index is 9.32. The van der Waals surface area contributed by atoms with E-state index in [1.54, 1.807) is 6.07 Å². The maximum atomic E-state index is 9.32. The number of nitrogens with two attached hydrogens (primary N) is 2. The minimum Gasteiger partial charge on any atom is -0.506 e. The van der Waals surface area contributed by atoms with Gasteiger partial charge in [0.15, 0.2) is 0 Å². The van der Waals surface area contributed by atoms with E-state index in [0.717, 1.165) is 18.4 Å². The van der Waals surface area contributed by atoms with Gasteiger partial charge in [-0.2, -0.15) is 0 Å². The van der Waals surface area contributed by atoms with E-state index >= 15 is 0 Å². The van der Waals surface area contributed by atoms with Crippen LogP contribution in [0.4, 0.5) is 5.69 Å². The molecule has 64 valence electrons. The highest BCUT2D eigenvalue weighted by atomic mass is 16.3. The summed E-state index contributed by atoms with van der Waals surface area (Å²) in [4.78, 5) is 0. The second-order valence-electron chi connectivity index (χ2n) is 3.26. The first-order valence-corrected chi connectivity index (χ1v) is 4.05. The Kier molecular flexibility index (Phi) is 1.48. The third-order valence-corrected chi connectivity index (χ3v) is 2.41. The Morgan fingerprint density at radius 3 is 2.92 bits per heavy atom. The van der Waals surface area contributed by atoms with Crippen molar-refractivity contribution in [1.82, 2.24) is 0 Å². The SMILES string of the molecule is Nc1cc2c(cc1O)C(N)CC2. The Hall–Kier alpha value is -1.22. The van der Waals surface area contributed by atoms with Gasteiger partial charge in [-0.3, -0.25) is 0 Å². The number of phenols is 1. The van der Waals surface area contributed by atoms with Gasteiger partial charge in [-0.25, -0.2) is 0 Å². The minimum atomic E-state index is 0.0755. The highest BCUT2D eigenvalue weighted by molar-refractivity contribution is 5.57. The first-order valence-electron chi connectivity index (χ1n) is 4.05. The number of hydrogen-bond donors (Lipinski definition) is 3. The summed E-state index contributed by atoms with van der Waals surface area (Å²) in [6.45, 7) is 0. The van der Waals surface area contributed by atoms with Crippen molar-refractivity contribution in [3.63, 3.8) is 0 Å². The molecule has 1 aliphatic carbocycles. The molecule has 0 radical (unpaired) electrons. The Morgan fingerprint density at radius 2 is 2.17 bits per heavy atom. The van der Waals surface area contributed by atoms with Crippen LogP contribution in [0.15, 0.2) is 12.1 Å². The second kappa shape index (κ2) is 2.38. The summed E-state index contributed by atoms with van der Waals surface area (Å²) < 4.78 is 0. The van der Waals surface area contributed by atoms with E-state index in [-0.39, 0.29) is 11.8 Å². The van der Waals surface area contributed by atoms with Gasteiger partial charge < -0.3 is 16.6 Å². The summed E-state index contributed by atoms with van der Waals surface area (Å²) >= 11 is 0. The molecule has 0 amide bonds. The number of hydrogen-bond acceptors (Lipinski definition) is 3. The van der Waals surface area contributed by atoms with Gasteiger partial charge in [-0.05, 0) is 36.1 Å². The van der Waals surface area contributed by atoms with E-state index in [1.807, 2.05) is 6.07 Å². The van der Waals surface area contributed by atoms with Crippen molar-refractivity contribution in [2.45, 2.75) is 18.9 Å². The fourth-order valence-corrected chi connectivity index (χ4v) is 1.70. The standard InChI is InChI=1S/C9H12N2O/c10-7-2-1-5-3-8(11)9(12)4-6(5)7/h3-4,7,12H,1-2,10-11H2. The molecule has 3 heteroatoms. The maximum Gasteiger partial charge on any atom is 0.138 e. The lowest BCUT2D eigenvalue weighted by Crippen LogP contribution is -2.05. The van der Waals surface area contributed by atoms with E-state index in [0.29, 0.717) is 5.69 Å². The number of phenolic OH excluding ortho intramolecular Hbond substituents is 1. The molecule has 0 saturated carbocycles. The van der Waals surface area contributed by atoms with E-state index in [1.165, 1.54) is 5.56 Å². The molecule has 0 spiro atoms. The molecule has 0 fully saturated rings. The molecule has 5 N–H and O–H groups in total. The van der Waals surface area contributed by atoms with E-state index in [2.05, 4.69) is 0 Å². The van der Waals surface area contributed by atoms with Crippen LogP contribution in [0, 0.1) is 0 Å². The molecule has 0 aromatic heterocycles. The Labute approximate surface area is 71.0 Å². The van der Waals surface area contributed by atoms with Crippen LogP contribution in [0.2, 0.25) is 0 Å². The number of benzene rings is 1. The summed E-state index contributed by atoms with van der Waals surface area (Å²) in [5.74, 6) is 0.145. The molecule has 2 rings (SSSR count). The zero-order valence-corrected chi connectivity index (χ0v) is 6.75. The zero-order chi connectivity index (χ0) is 8.72. The fourth-order valence-electron chi connectivity index (χ4n) is 1.70. The minimum absolute atomic E-state index is 0.0755. The van der Waals surface area contributed by atoms with Crippen molar-refractivity contribution in [3.8, 4) is 5.75 Å². The van der Waals surface area contributed by atoms with Crippen LogP contribution in [0.3, 0.4) is 0 Å². The number of aromatic hydroxyl groups is 1. The van der Waals surface area contributed by atoms with Crippen molar-refractivity contribution in [2.24, 2.45) is 5.73 Å². The molecule has 1 aliphatic rings. The number of fused-ring (bicyclic) bond motifs is 1. The first-order chi connectivity index (χ1) is 5.68. The molecule has 1 aromatic rings. The lowest BCUT2D eigenvalue weighted by molar-refractivity contribution is 0.476. The Morgan fingerprint density at radius 1 is 1.42 bits per heavy atom. The third-order valence-electron chi connectivity index (χ3n) is 2.41. The van der Waals surface area contributed by atoms with Crippen molar-refractivity contribution in [1.29, 1.82) is 0 Å². The average molecular weight is 164 g/mol. The predicted octanol–water partition coefficient (Wildman–Crippen LogP) is 0.920. The molecule has 1 aromatic carbocycles. The summed E-state index contributed by atoms with van der Waals surface area (Å²) in [5, 5.41) is 9.32. The number of anilines is 1. The monoisotopic (exact) mass is 164 g/mol. The summed E-state index contributed by atoms with van der Waals surface area (Å²) in [6.07, 6.45) is 1.93. The van der Waals surface area contributed by atoms with Crippen LogP contribution >= 0.6 is 0 Å². The van der Waals surface area contributed by atoms with Gasteiger partial charge >= 0.3 is 0 Å². The van der Waals surface area contributed by atoms with E-state index in [4.69, 9.17) is 11.5 Å². The van der Waals surface area contributed by atoms with Crippen LogP contribution < -0.4 is 11.5 Å². The van der Waals surface area contributed by atoms with Crippen molar-refractivity contribution in [2.75, 3.05) is 5.73 Å². The smallest absolute Gasteiger partial charge is 0.138 e. The molecule has 0 aliphatic heterocycles. The lowest BCUT2D eigenvalue weighted by atomic mass is 10.1. The van der Waals surface area contributed by atoms with Crippen molar-refractivity contribution in [3.05, 3.63) is 23.3 Å². The average Bonchev–Trinajstić information content (AvgIpc) is 2.35. The highest BCUT2D eigenvalue weighted by Gasteiger charge is 2.20. The number of aryl methyl sites for hydroxylation is 1. The molecular weight excluding hydrogens is 152 g/mol. The van der Waals surface area contributed by atoms with Gasteiger partial charge in [-0.1, -0.05) is 0 Å². The Balaban J connectivity index is 2.56. The van der Waals surface area contributed by atoms with Gasteiger partial charge in [0.2, 0.25) is 0 Å². The number of nitrogen functional groups attached to an aromatic ring is 1. The predicted molar refractivity (Wildman–Crippen MR) is 47.8 cm³/mol. The second-order valence-corrected chi connectivity index (χ2v) is 3.26. The van der Waals surface area contributed by atoms with Crippen LogP contribution in [-0.4, -0.2) is 5.11 Å². The normalized spacial score (nSPS) is 20.9. The number of rotatable bonds is 0. The van der Waals surface area contributed by atoms with Crippen LogP contribution in [0.1, 0.15) is 23.6 Å². The topological polar surface area (TPSA) is 72.3 Å². The van der Waals surface area contributed by atoms with Crippen LogP contribution in [-0.2, 0) is 6.42 Å². The first kappa shape index (κ1) is 7.43. The summed E-state index contributed by atoms with van der Waals surface area (Å²) in [6, 6.07) is 3.58. The molecule has 12 heavy (non-hydrogen) atoms. The Bertz CT molecular complexity index is 323. The molecule has 0 saturated heterocycles.